The topological polar surface area (TPSA) is 87.8 Å². The number of hydrogen-bond donors (Lipinski definition) is 1. The van der Waals surface area contributed by atoms with E-state index in [4.69, 9.17) is 9.52 Å². The fraction of sp³-hybridized carbons (Fsp3) is 0.417. The molecule has 1 aliphatic rings. The zero-order valence-corrected chi connectivity index (χ0v) is 10.1. The molecule has 1 aliphatic heterocycles. The normalized spacial score (nSPS) is 18.4. The number of carbonyl (C=O) groups is 3. The molecule has 1 fully saturated rings. The molecule has 1 aromatic heterocycles. The van der Waals surface area contributed by atoms with Crippen molar-refractivity contribution in [2.24, 2.45) is 5.41 Å². The first-order valence-corrected chi connectivity index (χ1v) is 5.48. The second kappa shape index (κ2) is 3.97. The van der Waals surface area contributed by atoms with Crippen molar-refractivity contribution in [1.29, 1.82) is 0 Å². The molecule has 2 heterocycles. The third-order valence-electron chi connectivity index (χ3n) is 2.90. The van der Waals surface area contributed by atoms with Crippen LogP contribution in [0.5, 0.6) is 0 Å². The van der Waals surface area contributed by atoms with E-state index in [2.05, 4.69) is 0 Å². The lowest BCUT2D eigenvalue weighted by Gasteiger charge is -2.16. The van der Waals surface area contributed by atoms with E-state index in [1.54, 1.807) is 13.8 Å². The minimum atomic E-state index is -1.18. The summed E-state index contributed by atoms with van der Waals surface area (Å²) in [5.74, 6) is -1.63. The Labute approximate surface area is 103 Å². The van der Waals surface area contributed by atoms with E-state index < -0.39 is 11.4 Å². The summed E-state index contributed by atoms with van der Waals surface area (Å²) in [7, 11) is 0. The Kier molecular flexibility index (Phi) is 2.73. The maximum Gasteiger partial charge on any atom is 0.371 e. The van der Waals surface area contributed by atoms with Crippen molar-refractivity contribution in [2.75, 3.05) is 0 Å². The number of carboxylic acids is 1. The molecular weight excluding hydrogens is 238 g/mol. The second-order valence-electron chi connectivity index (χ2n) is 4.92. The van der Waals surface area contributed by atoms with Crippen molar-refractivity contribution in [3.8, 4) is 0 Å². The first kappa shape index (κ1) is 12.3. The van der Waals surface area contributed by atoms with Crippen molar-refractivity contribution < 1.29 is 23.9 Å². The SMILES string of the molecule is CC1(C)CC(=O)N(Cc2ccc(C(=O)O)o2)C1=O. The summed E-state index contributed by atoms with van der Waals surface area (Å²) in [4.78, 5) is 35.4. The van der Waals surface area contributed by atoms with Crippen LogP contribution >= 0.6 is 0 Å². The van der Waals surface area contributed by atoms with E-state index >= 15 is 0 Å². The van der Waals surface area contributed by atoms with Gasteiger partial charge in [0.15, 0.2) is 0 Å². The number of likely N-dealkylation sites (tertiary alicyclic amines) is 1. The van der Waals surface area contributed by atoms with Crippen molar-refractivity contribution >= 4 is 17.8 Å². The first-order chi connectivity index (χ1) is 8.31. The predicted molar refractivity (Wildman–Crippen MR) is 59.6 cm³/mol. The average Bonchev–Trinajstić information content (AvgIpc) is 2.78. The summed E-state index contributed by atoms with van der Waals surface area (Å²) < 4.78 is 5.03. The third-order valence-corrected chi connectivity index (χ3v) is 2.90. The molecule has 18 heavy (non-hydrogen) atoms. The number of nitrogens with zero attached hydrogens (tertiary/aromatic N) is 1. The predicted octanol–water partition coefficient (Wildman–Crippen LogP) is 1.26. The fourth-order valence-corrected chi connectivity index (χ4v) is 1.92. The van der Waals surface area contributed by atoms with Crippen molar-refractivity contribution in [3.63, 3.8) is 0 Å². The number of furan rings is 1. The Morgan fingerprint density at radius 3 is 2.56 bits per heavy atom. The molecule has 0 saturated carbocycles. The Bertz CT molecular complexity index is 528. The van der Waals surface area contributed by atoms with Gasteiger partial charge < -0.3 is 9.52 Å². The maximum atomic E-state index is 11.9. The summed E-state index contributed by atoms with van der Waals surface area (Å²) >= 11 is 0. The van der Waals surface area contributed by atoms with Crippen LogP contribution in [-0.2, 0) is 16.1 Å². The Morgan fingerprint density at radius 1 is 1.44 bits per heavy atom. The largest absolute Gasteiger partial charge is 0.475 e. The van der Waals surface area contributed by atoms with E-state index in [1.807, 2.05) is 0 Å². The molecule has 6 nitrogen and oxygen atoms in total. The number of imide groups is 1. The highest BCUT2D eigenvalue weighted by molar-refractivity contribution is 6.05. The van der Waals surface area contributed by atoms with E-state index in [9.17, 15) is 14.4 Å². The molecular formula is C12H13NO5. The van der Waals surface area contributed by atoms with Crippen LogP contribution in [0.4, 0.5) is 0 Å². The zero-order valence-electron chi connectivity index (χ0n) is 10.1. The van der Waals surface area contributed by atoms with Gasteiger partial charge in [0.05, 0.1) is 12.0 Å². The molecule has 0 spiro atoms. The highest BCUT2D eigenvalue weighted by Gasteiger charge is 2.44. The quantitative estimate of drug-likeness (QED) is 0.817. The Hall–Kier alpha value is -2.11. The van der Waals surface area contributed by atoms with Crippen LogP contribution in [0.1, 0.15) is 36.6 Å². The zero-order chi connectivity index (χ0) is 13.5. The molecule has 0 atom stereocenters. The first-order valence-electron chi connectivity index (χ1n) is 5.48. The molecule has 2 amide bonds. The van der Waals surface area contributed by atoms with Gasteiger partial charge in [-0.1, -0.05) is 13.8 Å². The Balaban J connectivity index is 2.16. The molecule has 1 N–H and O–H groups in total. The molecule has 0 aliphatic carbocycles. The van der Waals surface area contributed by atoms with Crippen LogP contribution in [0.3, 0.4) is 0 Å². The molecule has 1 aromatic rings. The van der Waals surface area contributed by atoms with Crippen LogP contribution < -0.4 is 0 Å². The molecule has 1 saturated heterocycles. The van der Waals surface area contributed by atoms with Gasteiger partial charge in [-0.25, -0.2) is 4.79 Å². The average molecular weight is 251 g/mol. The number of carbonyl (C=O) groups excluding carboxylic acids is 2. The molecule has 2 rings (SSSR count). The summed E-state index contributed by atoms with van der Waals surface area (Å²) in [5, 5.41) is 8.70. The number of aromatic carboxylic acids is 1. The van der Waals surface area contributed by atoms with Gasteiger partial charge in [0.2, 0.25) is 17.6 Å². The molecule has 96 valence electrons. The van der Waals surface area contributed by atoms with Gasteiger partial charge >= 0.3 is 5.97 Å². The summed E-state index contributed by atoms with van der Waals surface area (Å²) in [5.41, 5.74) is -0.695. The minimum absolute atomic E-state index is 0.0195. The highest BCUT2D eigenvalue weighted by atomic mass is 16.4. The highest BCUT2D eigenvalue weighted by Crippen LogP contribution is 2.32. The fourth-order valence-electron chi connectivity index (χ4n) is 1.92. The molecule has 0 radical (unpaired) electrons. The van der Waals surface area contributed by atoms with Gasteiger partial charge in [-0.2, -0.15) is 0 Å². The molecule has 0 aromatic carbocycles. The summed E-state index contributed by atoms with van der Waals surface area (Å²) in [6.07, 6.45) is 0.165. The lowest BCUT2D eigenvalue weighted by Crippen LogP contribution is -2.32. The number of rotatable bonds is 3. The molecule has 0 unspecified atom stereocenters. The van der Waals surface area contributed by atoms with Gasteiger partial charge in [-0.05, 0) is 12.1 Å². The molecule has 6 heteroatoms. The standard InChI is InChI=1S/C12H13NO5/c1-12(2)5-9(14)13(11(12)17)6-7-3-4-8(18-7)10(15)16/h3-4H,5-6H2,1-2H3,(H,15,16). The molecule has 0 bridgehead atoms. The van der Waals surface area contributed by atoms with Gasteiger partial charge in [-0.15, -0.1) is 0 Å². The third kappa shape index (κ3) is 2.01. The van der Waals surface area contributed by atoms with Gasteiger partial charge in [0.1, 0.15) is 5.76 Å². The number of hydrogen-bond acceptors (Lipinski definition) is 4. The van der Waals surface area contributed by atoms with Crippen molar-refractivity contribution in [2.45, 2.75) is 26.8 Å². The minimum Gasteiger partial charge on any atom is -0.475 e. The van der Waals surface area contributed by atoms with E-state index in [-0.39, 0.29) is 36.3 Å². The summed E-state index contributed by atoms with van der Waals surface area (Å²) in [6, 6.07) is 2.75. The van der Waals surface area contributed by atoms with E-state index in [0.717, 1.165) is 4.90 Å². The van der Waals surface area contributed by atoms with Crippen LogP contribution in [0.2, 0.25) is 0 Å². The van der Waals surface area contributed by atoms with Crippen molar-refractivity contribution in [3.05, 3.63) is 23.7 Å². The lowest BCUT2D eigenvalue weighted by molar-refractivity contribution is -0.141. The van der Waals surface area contributed by atoms with Crippen LogP contribution in [-0.4, -0.2) is 27.8 Å². The monoisotopic (exact) mass is 251 g/mol. The van der Waals surface area contributed by atoms with Gasteiger partial charge in [0, 0.05) is 6.42 Å². The van der Waals surface area contributed by atoms with E-state index in [1.165, 1.54) is 12.1 Å². The van der Waals surface area contributed by atoms with Crippen LogP contribution in [0, 0.1) is 5.41 Å². The van der Waals surface area contributed by atoms with Crippen LogP contribution in [0.25, 0.3) is 0 Å². The number of carboxylic acid groups (broad SMARTS) is 1. The summed E-state index contributed by atoms with van der Waals surface area (Å²) in [6.45, 7) is 3.39. The van der Waals surface area contributed by atoms with E-state index in [0.29, 0.717) is 0 Å². The smallest absolute Gasteiger partial charge is 0.371 e. The van der Waals surface area contributed by atoms with Gasteiger partial charge in [0.25, 0.3) is 0 Å². The van der Waals surface area contributed by atoms with Crippen molar-refractivity contribution in [1.82, 2.24) is 4.90 Å². The lowest BCUT2D eigenvalue weighted by atomic mass is 9.92. The van der Waals surface area contributed by atoms with Gasteiger partial charge in [-0.3, -0.25) is 14.5 Å². The number of amides is 2. The Morgan fingerprint density at radius 2 is 2.11 bits per heavy atom. The van der Waals surface area contributed by atoms with Crippen LogP contribution in [0.15, 0.2) is 16.5 Å². The maximum absolute atomic E-state index is 11.9. The second-order valence-corrected chi connectivity index (χ2v) is 4.92.